The highest BCUT2D eigenvalue weighted by Gasteiger charge is 2.23. The molecule has 0 heterocycles. The van der Waals surface area contributed by atoms with E-state index in [0.717, 1.165) is 11.1 Å². The van der Waals surface area contributed by atoms with Crippen molar-refractivity contribution in [3.63, 3.8) is 0 Å². The van der Waals surface area contributed by atoms with Crippen molar-refractivity contribution in [1.82, 2.24) is 4.31 Å². The quantitative estimate of drug-likeness (QED) is 0.444. The number of methoxy groups -OCH3 is 1. The van der Waals surface area contributed by atoms with E-state index in [1.165, 1.54) is 4.31 Å². The van der Waals surface area contributed by atoms with Gasteiger partial charge >= 0.3 is 0 Å². The van der Waals surface area contributed by atoms with Gasteiger partial charge in [0, 0.05) is 25.1 Å². The van der Waals surface area contributed by atoms with Gasteiger partial charge in [0.1, 0.15) is 6.61 Å². The predicted octanol–water partition coefficient (Wildman–Crippen LogP) is 3.48. The van der Waals surface area contributed by atoms with Gasteiger partial charge in [0.15, 0.2) is 11.5 Å². The molecule has 2 aromatic rings. The lowest BCUT2D eigenvalue weighted by molar-refractivity contribution is -0.118. The van der Waals surface area contributed by atoms with E-state index in [1.807, 2.05) is 37.3 Å². The summed E-state index contributed by atoms with van der Waals surface area (Å²) in [6.45, 7) is 4.09. The first kappa shape index (κ1) is 27.5. The molecular formula is C25H31ClN2O5S. The summed E-state index contributed by atoms with van der Waals surface area (Å²) in [5.74, 6) is 6.34. The maximum absolute atomic E-state index is 12.5. The highest BCUT2D eigenvalue weighted by atomic mass is 35.5. The fourth-order valence-electron chi connectivity index (χ4n) is 3.33. The molecule has 0 spiro atoms. The largest absolute Gasteiger partial charge is 0.493 e. The van der Waals surface area contributed by atoms with Gasteiger partial charge in [0.2, 0.25) is 15.9 Å². The Morgan fingerprint density at radius 2 is 1.94 bits per heavy atom. The Labute approximate surface area is 207 Å². The van der Waals surface area contributed by atoms with E-state index in [-0.39, 0.29) is 37.8 Å². The molecule has 0 saturated heterocycles. The van der Waals surface area contributed by atoms with Crippen LogP contribution in [0.25, 0.3) is 0 Å². The fourth-order valence-corrected chi connectivity index (χ4v) is 4.73. The van der Waals surface area contributed by atoms with Gasteiger partial charge in [-0.3, -0.25) is 4.79 Å². The molecule has 34 heavy (non-hydrogen) atoms. The predicted molar refractivity (Wildman–Crippen MR) is 135 cm³/mol. The second-order valence-electron chi connectivity index (χ2n) is 7.84. The number of nitrogens with two attached hydrogens (primary N) is 1. The Hall–Kier alpha value is -2.73. The minimum Gasteiger partial charge on any atom is -0.493 e. The van der Waals surface area contributed by atoms with E-state index in [9.17, 15) is 13.2 Å². The summed E-state index contributed by atoms with van der Waals surface area (Å²) in [6.07, 6.45) is 0.612. The van der Waals surface area contributed by atoms with Crippen LogP contribution in [0.3, 0.4) is 0 Å². The van der Waals surface area contributed by atoms with E-state index in [0.29, 0.717) is 22.9 Å². The average Bonchev–Trinajstić information content (AvgIpc) is 2.80. The van der Waals surface area contributed by atoms with Gasteiger partial charge in [0.25, 0.3) is 0 Å². The lowest BCUT2D eigenvalue weighted by Crippen LogP contribution is -2.38. The first-order chi connectivity index (χ1) is 16.2. The van der Waals surface area contributed by atoms with Crippen molar-refractivity contribution in [3.8, 4) is 23.3 Å². The number of sulfonamides is 1. The van der Waals surface area contributed by atoms with Gasteiger partial charge in [-0.05, 0) is 49.1 Å². The van der Waals surface area contributed by atoms with Gasteiger partial charge in [-0.15, -0.1) is 0 Å². The molecule has 0 fully saturated rings. The third-order valence-corrected chi connectivity index (χ3v) is 7.28. The van der Waals surface area contributed by atoms with E-state index in [1.54, 1.807) is 26.2 Å². The van der Waals surface area contributed by atoms with Gasteiger partial charge in [0.05, 0.1) is 17.9 Å². The Morgan fingerprint density at radius 3 is 2.59 bits per heavy atom. The molecule has 0 aliphatic heterocycles. The summed E-state index contributed by atoms with van der Waals surface area (Å²) in [4.78, 5) is 11.2. The molecule has 0 saturated carbocycles. The third kappa shape index (κ3) is 8.56. The molecule has 1 atom stereocenters. The smallest absolute Gasteiger partial charge is 0.217 e. The minimum absolute atomic E-state index is 0.0123. The van der Waals surface area contributed by atoms with Gasteiger partial charge in [-0.2, -0.15) is 0 Å². The molecule has 0 aromatic heterocycles. The highest BCUT2D eigenvalue weighted by Crippen LogP contribution is 2.28. The van der Waals surface area contributed by atoms with Crippen LogP contribution in [-0.4, -0.2) is 51.2 Å². The van der Waals surface area contributed by atoms with Crippen LogP contribution in [0.4, 0.5) is 0 Å². The summed E-state index contributed by atoms with van der Waals surface area (Å²) in [5, 5.41) is 0.583. The summed E-state index contributed by atoms with van der Waals surface area (Å²) in [7, 11) is -1.88. The SMILES string of the molecule is CCS(=O)(=O)N(CCc1ccc(OCC#Cc2ccccc2Cl)c(OC)c1)CC(C)CC(N)=O. The maximum atomic E-state index is 12.5. The number of rotatable bonds is 12. The number of hydrogen-bond acceptors (Lipinski definition) is 5. The number of primary amides is 1. The van der Waals surface area contributed by atoms with Crippen molar-refractivity contribution in [3.05, 3.63) is 58.6 Å². The molecule has 184 valence electrons. The molecular weight excluding hydrogens is 476 g/mol. The van der Waals surface area contributed by atoms with Gasteiger partial charge < -0.3 is 15.2 Å². The number of amides is 1. The standard InChI is InChI=1S/C25H31ClN2O5S/c1-4-34(30,31)28(18-19(2)16-25(27)29)14-13-20-11-12-23(24(17-20)32-3)33-15-7-9-21-8-5-6-10-22(21)26/h5-6,8,10-12,17,19H,4,13-16,18H2,1-3H3,(H2,27,29). The Balaban J connectivity index is 2.04. The van der Waals surface area contributed by atoms with Crippen molar-refractivity contribution in [2.75, 3.05) is 32.6 Å². The minimum atomic E-state index is -3.43. The number of nitrogens with zero attached hydrogens (tertiary/aromatic N) is 1. The number of benzene rings is 2. The molecule has 1 amide bonds. The summed E-state index contributed by atoms with van der Waals surface area (Å²) in [6, 6.07) is 12.8. The van der Waals surface area contributed by atoms with Crippen LogP contribution in [0.5, 0.6) is 11.5 Å². The van der Waals surface area contributed by atoms with Crippen molar-refractivity contribution in [2.45, 2.75) is 26.7 Å². The second kappa shape index (κ2) is 13.2. The first-order valence-electron chi connectivity index (χ1n) is 11.0. The van der Waals surface area contributed by atoms with E-state index >= 15 is 0 Å². The van der Waals surface area contributed by atoms with Crippen LogP contribution in [0.2, 0.25) is 5.02 Å². The number of hydrogen-bond donors (Lipinski definition) is 1. The Morgan fingerprint density at radius 1 is 1.21 bits per heavy atom. The monoisotopic (exact) mass is 506 g/mol. The lowest BCUT2D eigenvalue weighted by atomic mass is 10.1. The van der Waals surface area contributed by atoms with Crippen LogP contribution in [-0.2, 0) is 21.2 Å². The zero-order chi connectivity index (χ0) is 25.1. The molecule has 2 aromatic carbocycles. The highest BCUT2D eigenvalue weighted by molar-refractivity contribution is 7.89. The van der Waals surface area contributed by atoms with Crippen LogP contribution in [0.15, 0.2) is 42.5 Å². The normalized spacial score (nSPS) is 12.0. The van der Waals surface area contributed by atoms with Crippen molar-refractivity contribution >= 4 is 27.5 Å². The van der Waals surface area contributed by atoms with Crippen LogP contribution in [0.1, 0.15) is 31.4 Å². The van der Waals surface area contributed by atoms with Gasteiger partial charge in [-0.25, -0.2) is 12.7 Å². The van der Waals surface area contributed by atoms with Gasteiger partial charge in [-0.1, -0.05) is 48.6 Å². The fraction of sp³-hybridized carbons (Fsp3) is 0.400. The zero-order valence-electron chi connectivity index (χ0n) is 19.7. The molecule has 9 heteroatoms. The molecule has 0 aliphatic carbocycles. The number of carbonyl (C=O) groups excluding carboxylic acids is 1. The van der Waals surface area contributed by atoms with Crippen LogP contribution < -0.4 is 15.2 Å². The number of ether oxygens (including phenoxy) is 2. The summed E-state index contributed by atoms with van der Waals surface area (Å²) < 4.78 is 37.7. The van der Waals surface area contributed by atoms with Crippen LogP contribution >= 0.6 is 11.6 Å². The topological polar surface area (TPSA) is 98.9 Å². The third-order valence-electron chi connectivity index (χ3n) is 5.10. The Kier molecular flexibility index (Phi) is 10.7. The maximum Gasteiger partial charge on any atom is 0.217 e. The second-order valence-corrected chi connectivity index (χ2v) is 10.5. The number of carbonyl (C=O) groups is 1. The molecule has 1 unspecified atom stereocenters. The lowest BCUT2D eigenvalue weighted by Gasteiger charge is -2.24. The molecule has 7 nitrogen and oxygen atoms in total. The van der Waals surface area contributed by atoms with Crippen molar-refractivity contribution in [1.29, 1.82) is 0 Å². The number of halogens is 1. The molecule has 2 N–H and O–H groups in total. The van der Waals surface area contributed by atoms with E-state index in [4.69, 9.17) is 26.8 Å². The average molecular weight is 507 g/mol. The van der Waals surface area contributed by atoms with Crippen molar-refractivity contribution < 1.29 is 22.7 Å². The van der Waals surface area contributed by atoms with Crippen molar-refractivity contribution in [2.24, 2.45) is 11.7 Å². The molecule has 0 radical (unpaired) electrons. The molecule has 0 aliphatic rings. The molecule has 0 bridgehead atoms. The van der Waals surface area contributed by atoms with Crippen LogP contribution in [0, 0.1) is 17.8 Å². The van der Waals surface area contributed by atoms with E-state index < -0.39 is 15.9 Å². The Bertz CT molecular complexity index is 1140. The first-order valence-corrected chi connectivity index (χ1v) is 12.9. The summed E-state index contributed by atoms with van der Waals surface area (Å²) in [5.41, 5.74) is 6.88. The zero-order valence-corrected chi connectivity index (χ0v) is 21.3. The molecule has 2 rings (SSSR count). The van der Waals surface area contributed by atoms with E-state index in [2.05, 4.69) is 11.8 Å². The summed E-state index contributed by atoms with van der Waals surface area (Å²) >= 11 is 6.10.